The van der Waals surface area contributed by atoms with Gasteiger partial charge in [-0.3, -0.25) is 0 Å². The molecule has 0 aliphatic heterocycles. The van der Waals surface area contributed by atoms with Crippen LogP contribution in [0.5, 0.6) is 0 Å². The molecule has 2 aromatic rings. The van der Waals surface area contributed by atoms with Gasteiger partial charge in [0.2, 0.25) is 0 Å². The van der Waals surface area contributed by atoms with Crippen molar-refractivity contribution < 1.29 is 0 Å². The Morgan fingerprint density at radius 3 is 0.971 bits per heavy atom. The topological polar surface area (TPSA) is 48.8 Å². The van der Waals surface area contributed by atoms with Crippen molar-refractivity contribution in [3.8, 4) is 0 Å². The van der Waals surface area contributed by atoms with Gasteiger partial charge in [0.15, 0.2) is 0 Å². The van der Waals surface area contributed by atoms with Gasteiger partial charge in [-0.1, -0.05) is 0 Å². The SMILES string of the molecule is CC(C)c1cc(C(C)C)[c]([Ge]([N]=[N+]=[N-])[c]2c(C(C)C)cc(C(C)C)cc2C(C)C)c(C(C)C)c1. The van der Waals surface area contributed by atoms with E-state index in [2.05, 4.69) is 112 Å². The fourth-order valence-corrected chi connectivity index (χ4v) is 11.2. The van der Waals surface area contributed by atoms with Crippen LogP contribution in [0.15, 0.2) is 28.3 Å². The molecular weight excluding hydrogens is 475 g/mol. The molecule has 0 atom stereocenters. The molecule has 0 amide bonds. The minimum atomic E-state index is -2.61. The Kier molecular flexibility index (Phi) is 9.92. The van der Waals surface area contributed by atoms with Gasteiger partial charge in [0.05, 0.1) is 0 Å². The fraction of sp³-hybridized carbons (Fsp3) is 0.600. The van der Waals surface area contributed by atoms with Crippen molar-refractivity contribution in [2.24, 2.45) is 4.07 Å². The molecule has 2 rings (SSSR count). The zero-order valence-electron chi connectivity index (χ0n) is 23.6. The van der Waals surface area contributed by atoms with Crippen molar-refractivity contribution in [1.29, 1.82) is 0 Å². The van der Waals surface area contributed by atoms with Crippen LogP contribution in [0.1, 0.15) is 152 Å². The van der Waals surface area contributed by atoms with Crippen molar-refractivity contribution in [2.45, 2.75) is 119 Å². The summed E-state index contributed by atoms with van der Waals surface area (Å²) in [5, 5.41) is 0. The zero-order chi connectivity index (χ0) is 25.9. The van der Waals surface area contributed by atoms with Crippen LogP contribution < -0.4 is 8.79 Å². The maximum atomic E-state index is 9.86. The molecule has 1 radical (unpaired) electrons. The molecule has 0 saturated carbocycles. The normalized spacial score (nSPS) is 12.2. The summed E-state index contributed by atoms with van der Waals surface area (Å²) in [5.74, 6) is 2.44. The van der Waals surface area contributed by atoms with Crippen molar-refractivity contribution in [1.82, 2.24) is 0 Å². The van der Waals surface area contributed by atoms with Gasteiger partial charge in [-0.25, -0.2) is 0 Å². The Bertz CT molecular complexity index is 908. The summed E-state index contributed by atoms with van der Waals surface area (Å²) in [6.07, 6.45) is 0. The standard InChI is InChI=1S/C30H46GeN3/c1-17(2)23-13-25(19(5)6)29(26(14-23)20(7)8)31(33-34-32)30-27(21(9)10)15-24(18(3)4)16-28(30)22(11)12/h13-22H,1-12H3. The second kappa shape index (κ2) is 11.8. The predicted molar refractivity (Wildman–Crippen MR) is 152 cm³/mol. The van der Waals surface area contributed by atoms with Gasteiger partial charge < -0.3 is 0 Å². The van der Waals surface area contributed by atoms with E-state index in [4.69, 9.17) is 4.07 Å². The molecule has 0 heterocycles. The van der Waals surface area contributed by atoms with Crippen LogP contribution in [-0.2, 0) is 0 Å². The molecule has 0 bridgehead atoms. The van der Waals surface area contributed by atoms with E-state index < -0.39 is 14.6 Å². The summed E-state index contributed by atoms with van der Waals surface area (Å²) in [6.45, 7) is 27.4. The van der Waals surface area contributed by atoms with Crippen LogP contribution in [0.4, 0.5) is 0 Å². The fourth-order valence-electron chi connectivity index (χ4n) is 4.73. The van der Waals surface area contributed by atoms with Crippen LogP contribution in [-0.4, -0.2) is 14.6 Å². The van der Waals surface area contributed by atoms with E-state index in [0.717, 1.165) is 0 Å². The molecule has 0 spiro atoms. The van der Waals surface area contributed by atoms with Gasteiger partial charge in [-0.15, -0.1) is 0 Å². The number of azide groups is 1. The second-order valence-electron chi connectivity index (χ2n) is 11.6. The zero-order valence-corrected chi connectivity index (χ0v) is 25.7. The number of hydrogen-bond donors (Lipinski definition) is 0. The first-order valence-corrected chi connectivity index (χ1v) is 16.1. The third kappa shape index (κ3) is 6.10. The molecule has 0 N–H and O–H groups in total. The first-order valence-electron chi connectivity index (χ1n) is 13.1. The van der Waals surface area contributed by atoms with Gasteiger partial charge in [-0.05, 0) is 0 Å². The van der Waals surface area contributed by atoms with E-state index in [0.29, 0.717) is 35.5 Å². The third-order valence-corrected chi connectivity index (χ3v) is 11.9. The Balaban J connectivity index is 3.10. The summed E-state index contributed by atoms with van der Waals surface area (Å²) in [6, 6.07) is 9.62. The van der Waals surface area contributed by atoms with Gasteiger partial charge in [0.1, 0.15) is 0 Å². The minimum absolute atomic E-state index is 0.377. The molecule has 4 heteroatoms. The maximum absolute atomic E-state index is 9.86. The summed E-state index contributed by atoms with van der Waals surface area (Å²) in [7, 11) is 0. The summed E-state index contributed by atoms with van der Waals surface area (Å²) in [5.41, 5.74) is 18.2. The first-order chi connectivity index (χ1) is 15.8. The van der Waals surface area contributed by atoms with Crippen LogP contribution in [0.3, 0.4) is 0 Å². The summed E-state index contributed by atoms with van der Waals surface area (Å²) in [4.78, 5) is 3.50. The van der Waals surface area contributed by atoms with Gasteiger partial charge in [-0.2, -0.15) is 0 Å². The molecule has 0 unspecified atom stereocenters. The molecule has 0 saturated heterocycles. The second-order valence-corrected chi connectivity index (χ2v) is 15.6. The van der Waals surface area contributed by atoms with E-state index in [-0.39, 0.29) is 0 Å². The van der Waals surface area contributed by atoms with E-state index in [1.165, 1.54) is 42.2 Å². The molecule has 0 fully saturated rings. The van der Waals surface area contributed by atoms with Crippen LogP contribution in [0.2, 0.25) is 0 Å². The average molecular weight is 521 g/mol. The summed E-state index contributed by atoms with van der Waals surface area (Å²) < 4.78 is 7.50. The predicted octanol–water partition coefficient (Wildman–Crippen LogP) is 8.84. The molecule has 3 nitrogen and oxygen atoms in total. The van der Waals surface area contributed by atoms with E-state index >= 15 is 0 Å². The molecule has 34 heavy (non-hydrogen) atoms. The van der Waals surface area contributed by atoms with Gasteiger partial charge in [0, 0.05) is 0 Å². The van der Waals surface area contributed by atoms with E-state index in [9.17, 15) is 5.53 Å². The molecular formula is C30H46GeN3. The molecule has 185 valence electrons. The number of rotatable bonds is 9. The van der Waals surface area contributed by atoms with Crippen LogP contribution >= 0.6 is 0 Å². The number of benzene rings is 2. The third-order valence-electron chi connectivity index (χ3n) is 6.88. The Hall–Kier alpha value is -1.71. The summed E-state index contributed by atoms with van der Waals surface area (Å²) >= 11 is -2.61. The van der Waals surface area contributed by atoms with E-state index in [1.54, 1.807) is 0 Å². The Labute approximate surface area is 213 Å². The molecule has 0 aliphatic rings. The molecule has 0 aromatic heterocycles. The van der Waals surface area contributed by atoms with Gasteiger partial charge >= 0.3 is 214 Å². The van der Waals surface area contributed by atoms with Crippen molar-refractivity contribution in [3.63, 3.8) is 0 Å². The first kappa shape index (κ1) is 28.5. The quantitative estimate of drug-likeness (QED) is 0.137. The molecule has 2 aromatic carbocycles. The van der Waals surface area contributed by atoms with Crippen LogP contribution in [0, 0.1) is 0 Å². The van der Waals surface area contributed by atoms with Crippen LogP contribution in [0.25, 0.3) is 10.4 Å². The Morgan fingerprint density at radius 1 is 0.529 bits per heavy atom. The van der Waals surface area contributed by atoms with E-state index in [1.807, 2.05) is 0 Å². The number of nitrogens with zero attached hydrogens (tertiary/aromatic N) is 3. The van der Waals surface area contributed by atoms with Crippen molar-refractivity contribution in [2.75, 3.05) is 0 Å². The monoisotopic (exact) mass is 522 g/mol. The van der Waals surface area contributed by atoms with Crippen molar-refractivity contribution in [3.05, 3.63) is 68.1 Å². The Morgan fingerprint density at radius 2 is 0.794 bits per heavy atom. The van der Waals surface area contributed by atoms with Crippen molar-refractivity contribution >= 4 is 23.4 Å². The number of hydrogen-bond acceptors (Lipinski definition) is 1. The molecule has 0 aliphatic carbocycles. The van der Waals surface area contributed by atoms with Gasteiger partial charge in [0.25, 0.3) is 0 Å². The average Bonchev–Trinajstić information content (AvgIpc) is 2.75.